The van der Waals surface area contributed by atoms with Gasteiger partial charge in [-0.25, -0.2) is 0 Å². The summed E-state index contributed by atoms with van der Waals surface area (Å²) in [5, 5.41) is 12.1. The molecule has 1 amide bonds. The fourth-order valence-corrected chi connectivity index (χ4v) is 2.87. The highest BCUT2D eigenvalue weighted by molar-refractivity contribution is 5.96. The van der Waals surface area contributed by atoms with Crippen LogP contribution in [0.25, 0.3) is 0 Å². The Kier molecular flexibility index (Phi) is 5.33. The second kappa shape index (κ2) is 7.22. The summed E-state index contributed by atoms with van der Waals surface area (Å²) < 4.78 is 5.06. The Hall–Kier alpha value is -1.88. The van der Waals surface area contributed by atoms with Gasteiger partial charge in [0.15, 0.2) is 0 Å². The summed E-state index contributed by atoms with van der Waals surface area (Å²) in [6, 6.07) is 7.55. The van der Waals surface area contributed by atoms with E-state index in [0.717, 1.165) is 17.7 Å². The summed E-state index contributed by atoms with van der Waals surface area (Å²) in [6.45, 7) is 0.577. The molecule has 5 nitrogen and oxygen atoms in total. The molecule has 2 atom stereocenters. The lowest BCUT2D eigenvalue weighted by Gasteiger charge is -2.17. The molecule has 0 aliphatic heterocycles. The maximum absolute atomic E-state index is 12.3. The van der Waals surface area contributed by atoms with E-state index in [1.54, 1.807) is 7.11 Å². The first-order valence-electron chi connectivity index (χ1n) is 7.24. The van der Waals surface area contributed by atoms with Gasteiger partial charge in [0.25, 0.3) is 0 Å². The number of anilines is 1. The lowest BCUT2D eigenvalue weighted by Crippen LogP contribution is -2.30. The first-order valence-corrected chi connectivity index (χ1v) is 7.24. The number of nitrogens with one attached hydrogen (secondary N) is 1. The normalized spacial score (nSPS) is 21.2. The Labute approximate surface area is 124 Å². The van der Waals surface area contributed by atoms with Crippen LogP contribution >= 0.6 is 0 Å². The van der Waals surface area contributed by atoms with E-state index < -0.39 is 17.8 Å². The fraction of sp³-hybridized carbons (Fsp3) is 0.500. The van der Waals surface area contributed by atoms with E-state index in [4.69, 9.17) is 4.74 Å². The minimum absolute atomic E-state index is 0.190. The van der Waals surface area contributed by atoms with Gasteiger partial charge in [-0.15, -0.1) is 0 Å². The van der Waals surface area contributed by atoms with Crippen LogP contribution in [0.1, 0.15) is 24.8 Å². The molecule has 1 saturated carbocycles. The number of carbonyl (C=O) groups excluding carboxylic acids is 1. The standard InChI is InChI=1S/C16H21NO4/c1-21-10-9-11-5-2-3-8-14(11)17-15(18)12-6-4-7-13(12)16(19)20/h2-3,5,8,12-13H,4,6-7,9-10H2,1H3,(H,17,18)(H,19,20). The molecular formula is C16H21NO4. The maximum atomic E-state index is 12.3. The zero-order valence-corrected chi connectivity index (χ0v) is 12.2. The van der Waals surface area contributed by atoms with Gasteiger partial charge >= 0.3 is 5.97 Å². The summed E-state index contributed by atoms with van der Waals surface area (Å²) in [4.78, 5) is 23.5. The third-order valence-corrected chi connectivity index (χ3v) is 4.02. The van der Waals surface area contributed by atoms with Crippen LogP contribution < -0.4 is 5.32 Å². The lowest BCUT2D eigenvalue weighted by atomic mass is 9.95. The van der Waals surface area contributed by atoms with Crippen LogP contribution in [-0.2, 0) is 20.7 Å². The summed E-state index contributed by atoms with van der Waals surface area (Å²) in [5.74, 6) is -2.06. The number of hydrogen-bond donors (Lipinski definition) is 2. The second-order valence-electron chi connectivity index (χ2n) is 5.37. The monoisotopic (exact) mass is 291 g/mol. The number of carbonyl (C=O) groups is 2. The molecule has 1 aromatic rings. The summed E-state index contributed by atoms with van der Waals surface area (Å²) >= 11 is 0. The summed E-state index contributed by atoms with van der Waals surface area (Å²) in [6.07, 6.45) is 2.72. The number of amides is 1. The lowest BCUT2D eigenvalue weighted by molar-refractivity contribution is -0.145. The quantitative estimate of drug-likeness (QED) is 0.843. The van der Waals surface area contributed by atoms with Crippen LogP contribution in [0, 0.1) is 11.8 Å². The third-order valence-electron chi connectivity index (χ3n) is 4.02. The molecule has 0 spiro atoms. The molecular weight excluding hydrogens is 270 g/mol. The van der Waals surface area contributed by atoms with Gasteiger partial charge in [0.05, 0.1) is 18.4 Å². The van der Waals surface area contributed by atoms with E-state index in [2.05, 4.69) is 5.32 Å². The van der Waals surface area contributed by atoms with Gasteiger partial charge in [0, 0.05) is 12.8 Å². The van der Waals surface area contributed by atoms with Gasteiger partial charge in [0.1, 0.15) is 0 Å². The van der Waals surface area contributed by atoms with Crippen molar-refractivity contribution in [2.75, 3.05) is 19.0 Å². The highest BCUT2D eigenvalue weighted by Gasteiger charge is 2.37. The van der Waals surface area contributed by atoms with Crippen molar-refractivity contribution in [1.82, 2.24) is 0 Å². The van der Waals surface area contributed by atoms with Crippen molar-refractivity contribution in [2.45, 2.75) is 25.7 Å². The van der Waals surface area contributed by atoms with Gasteiger partial charge in [-0.05, 0) is 30.9 Å². The average Bonchev–Trinajstić information content (AvgIpc) is 2.96. The summed E-state index contributed by atoms with van der Waals surface area (Å²) in [5.41, 5.74) is 1.74. The molecule has 1 aromatic carbocycles. The Morgan fingerprint density at radius 2 is 2.00 bits per heavy atom. The van der Waals surface area contributed by atoms with Crippen LogP contribution in [0.3, 0.4) is 0 Å². The minimum Gasteiger partial charge on any atom is -0.481 e. The van der Waals surface area contributed by atoms with Crippen LogP contribution in [0.4, 0.5) is 5.69 Å². The number of aliphatic carboxylic acids is 1. The Morgan fingerprint density at radius 3 is 2.71 bits per heavy atom. The van der Waals surface area contributed by atoms with Crippen molar-refractivity contribution in [3.05, 3.63) is 29.8 Å². The molecule has 0 radical (unpaired) electrons. The van der Waals surface area contributed by atoms with E-state index in [9.17, 15) is 14.7 Å². The van der Waals surface area contributed by atoms with Crippen LogP contribution in [0.15, 0.2) is 24.3 Å². The number of rotatable bonds is 6. The Balaban J connectivity index is 2.07. The molecule has 0 heterocycles. The number of carboxylic acids is 1. The predicted molar refractivity (Wildman–Crippen MR) is 79.1 cm³/mol. The van der Waals surface area contributed by atoms with E-state index in [0.29, 0.717) is 25.9 Å². The number of para-hydroxylation sites is 1. The van der Waals surface area contributed by atoms with Gasteiger partial charge in [-0.2, -0.15) is 0 Å². The second-order valence-corrected chi connectivity index (χ2v) is 5.37. The fourth-order valence-electron chi connectivity index (χ4n) is 2.87. The average molecular weight is 291 g/mol. The molecule has 0 aromatic heterocycles. The topological polar surface area (TPSA) is 75.6 Å². The van der Waals surface area contributed by atoms with Crippen molar-refractivity contribution in [3.63, 3.8) is 0 Å². The molecule has 0 saturated heterocycles. The molecule has 1 aliphatic carbocycles. The highest BCUT2D eigenvalue weighted by atomic mass is 16.5. The predicted octanol–water partition coefficient (Wildman–Crippen LogP) is 2.31. The number of benzene rings is 1. The number of methoxy groups -OCH3 is 1. The molecule has 2 rings (SSSR count). The zero-order chi connectivity index (χ0) is 15.2. The van der Waals surface area contributed by atoms with Gasteiger partial charge in [-0.3, -0.25) is 9.59 Å². The summed E-state index contributed by atoms with van der Waals surface area (Å²) in [7, 11) is 1.64. The maximum Gasteiger partial charge on any atom is 0.307 e. The molecule has 114 valence electrons. The highest BCUT2D eigenvalue weighted by Crippen LogP contribution is 2.33. The SMILES string of the molecule is COCCc1ccccc1NC(=O)C1CCCC1C(=O)O. The van der Waals surface area contributed by atoms with E-state index in [1.165, 1.54) is 0 Å². The van der Waals surface area contributed by atoms with E-state index in [-0.39, 0.29) is 5.91 Å². The first-order chi connectivity index (χ1) is 10.1. The Morgan fingerprint density at radius 1 is 1.29 bits per heavy atom. The molecule has 21 heavy (non-hydrogen) atoms. The minimum atomic E-state index is -0.875. The van der Waals surface area contributed by atoms with E-state index >= 15 is 0 Å². The van der Waals surface area contributed by atoms with Crippen LogP contribution in [0.2, 0.25) is 0 Å². The number of carboxylic acid groups (broad SMARTS) is 1. The first kappa shape index (κ1) is 15.5. The molecule has 0 bridgehead atoms. The van der Waals surface area contributed by atoms with Crippen molar-refractivity contribution < 1.29 is 19.4 Å². The van der Waals surface area contributed by atoms with Crippen LogP contribution in [0.5, 0.6) is 0 Å². The molecule has 5 heteroatoms. The molecule has 2 N–H and O–H groups in total. The number of ether oxygens (including phenoxy) is 1. The van der Waals surface area contributed by atoms with Crippen molar-refractivity contribution in [2.24, 2.45) is 11.8 Å². The van der Waals surface area contributed by atoms with Crippen molar-refractivity contribution >= 4 is 17.6 Å². The van der Waals surface area contributed by atoms with Gasteiger partial charge in [-0.1, -0.05) is 24.6 Å². The van der Waals surface area contributed by atoms with Gasteiger partial charge in [0.2, 0.25) is 5.91 Å². The van der Waals surface area contributed by atoms with Gasteiger partial charge < -0.3 is 15.2 Å². The Bertz CT molecular complexity index is 515. The number of hydrogen-bond acceptors (Lipinski definition) is 3. The zero-order valence-electron chi connectivity index (χ0n) is 12.2. The van der Waals surface area contributed by atoms with E-state index in [1.807, 2.05) is 24.3 Å². The van der Waals surface area contributed by atoms with Crippen LogP contribution in [-0.4, -0.2) is 30.7 Å². The third kappa shape index (κ3) is 3.82. The molecule has 1 fully saturated rings. The van der Waals surface area contributed by atoms with Crippen molar-refractivity contribution in [1.29, 1.82) is 0 Å². The van der Waals surface area contributed by atoms with Crippen molar-refractivity contribution in [3.8, 4) is 0 Å². The largest absolute Gasteiger partial charge is 0.481 e. The smallest absolute Gasteiger partial charge is 0.307 e. The molecule has 2 unspecified atom stereocenters. The molecule has 1 aliphatic rings.